The highest BCUT2D eigenvalue weighted by molar-refractivity contribution is 7.97. The quantitative estimate of drug-likeness (QED) is 0.356. The van der Waals surface area contributed by atoms with Gasteiger partial charge in [0.2, 0.25) is 0 Å². The lowest BCUT2D eigenvalue weighted by Gasteiger charge is -2.16. The van der Waals surface area contributed by atoms with Crippen molar-refractivity contribution >= 4 is 11.9 Å². The second kappa shape index (κ2) is 6.49. The van der Waals surface area contributed by atoms with Crippen molar-refractivity contribution in [1.82, 2.24) is 4.31 Å². The minimum absolute atomic E-state index is 0.0169. The first kappa shape index (κ1) is 15.9. The lowest BCUT2D eigenvalue weighted by Crippen LogP contribution is -2.09. The van der Waals surface area contributed by atoms with Gasteiger partial charge in [0.05, 0.1) is 4.90 Å². The summed E-state index contributed by atoms with van der Waals surface area (Å²) < 4.78 is 56.3. The van der Waals surface area contributed by atoms with E-state index in [1.807, 2.05) is 0 Å². The van der Waals surface area contributed by atoms with Crippen LogP contribution >= 0.6 is 11.9 Å². The highest BCUT2D eigenvalue weighted by Gasteiger charge is 2.26. The Morgan fingerprint density at radius 1 is 0.857 bits per heavy atom. The number of hydrogen-bond acceptors (Lipinski definition) is 2. The van der Waals surface area contributed by atoms with E-state index in [0.717, 1.165) is 11.9 Å². The first-order valence-electron chi connectivity index (χ1n) is 6.15. The second-order valence-corrected chi connectivity index (χ2v) is 5.95. The van der Waals surface area contributed by atoms with E-state index in [1.165, 1.54) is 4.31 Å². The molecule has 0 aliphatic rings. The molecule has 0 aliphatic heterocycles. The fraction of sp³-hybridized carbons (Fsp3) is 0.200. The molecule has 0 amide bonds. The molecule has 0 heterocycles. The van der Waals surface area contributed by atoms with Gasteiger partial charge in [-0.2, -0.15) is 0 Å². The Balaban J connectivity index is 2.56. The minimum Gasteiger partial charge on any atom is -0.252 e. The monoisotopic (exact) mass is 315 g/mol. The number of nitrogens with zero attached hydrogens (tertiary/aromatic N) is 1. The molecule has 2 aromatic rings. The third kappa shape index (κ3) is 3.39. The van der Waals surface area contributed by atoms with Crippen LogP contribution in [0.1, 0.15) is 11.1 Å². The van der Waals surface area contributed by atoms with Crippen LogP contribution in [0.5, 0.6) is 0 Å². The van der Waals surface area contributed by atoms with Gasteiger partial charge in [0.1, 0.15) is 0 Å². The van der Waals surface area contributed by atoms with Crippen LogP contribution in [0.2, 0.25) is 0 Å². The smallest absolute Gasteiger partial charge is 0.198 e. The highest BCUT2D eigenvalue weighted by atomic mass is 32.2. The Bertz CT molecular complexity index is 644. The van der Waals surface area contributed by atoms with Gasteiger partial charge in [0, 0.05) is 12.0 Å². The van der Waals surface area contributed by atoms with Crippen molar-refractivity contribution < 1.29 is 17.6 Å². The minimum atomic E-state index is -1.78. The van der Waals surface area contributed by atoms with E-state index in [9.17, 15) is 17.6 Å². The van der Waals surface area contributed by atoms with E-state index in [4.69, 9.17) is 0 Å². The molecule has 21 heavy (non-hydrogen) atoms. The van der Waals surface area contributed by atoms with E-state index >= 15 is 0 Å². The number of rotatable bonds is 4. The fourth-order valence-corrected chi connectivity index (χ4v) is 2.70. The Hall–Kier alpha value is -1.53. The van der Waals surface area contributed by atoms with E-state index in [2.05, 4.69) is 0 Å². The van der Waals surface area contributed by atoms with Gasteiger partial charge in [-0.1, -0.05) is 30.3 Å². The molecule has 6 heteroatoms. The van der Waals surface area contributed by atoms with Crippen LogP contribution in [-0.2, 0) is 6.42 Å². The van der Waals surface area contributed by atoms with Gasteiger partial charge < -0.3 is 0 Å². The first-order chi connectivity index (χ1) is 9.91. The molecule has 0 aromatic heterocycles. The van der Waals surface area contributed by atoms with Crippen LogP contribution in [0.15, 0.2) is 35.2 Å². The zero-order chi connectivity index (χ0) is 15.6. The molecule has 0 aliphatic carbocycles. The van der Waals surface area contributed by atoms with Crippen LogP contribution in [0, 0.1) is 23.3 Å². The van der Waals surface area contributed by atoms with Gasteiger partial charge in [-0.25, -0.2) is 17.6 Å². The lowest BCUT2D eigenvalue weighted by atomic mass is 10.0. The third-order valence-electron chi connectivity index (χ3n) is 2.81. The van der Waals surface area contributed by atoms with Gasteiger partial charge >= 0.3 is 0 Å². The van der Waals surface area contributed by atoms with Gasteiger partial charge in [-0.3, -0.25) is 4.31 Å². The Morgan fingerprint density at radius 3 is 2.00 bits per heavy atom. The Labute approximate surface area is 124 Å². The average Bonchev–Trinajstić information content (AvgIpc) is 2.47. The van der Waals surface area contributed by atoms with Gasteiger partial charge in [0.25, 0.3) is 0 Å². The molecular weight excluding hydrogens is 302 g/mol. The van der Waals surface area contributed by atoms with E-state index in [1.54, 1.807) is 44.4 Å². The SMILES string of the molecule is CN(C)Sc1c(F)c(F)c(F)c(F)c1Cc1ccccc1. The van der Waals surface area contributed by atoms with Crippen LogP contribution in [0.4, 0.5) is 17.6 Å². The van der Waals surface area contributed by atoms with Crippen molar-refractivity contribution in [2.24, 2.45) is 0 Å². The normalized spacial score (nSPS) is 11.2. The maximum absolute atomic E-state index is 14.0. The molecule has 0 radical (unpaired) electrons. The summed E-state index contributed by atoms with van der Waals surface area (Å²) in [6.07, 6.45) is -0.0169. The molecule has 0 atom stereocenters. The number of hydrogen-bond donors (Lipinski definition) is 0. The van der Waals surface area contributed by atoms with Crippen LogP contribution < -0.4 is 0 Å². The van der Waals surface area contributed by atoms with Crippen molar-refractivity contribution in [1.29, 1.82) is 0 Å². The maximum Gasteiger partial charge on any atom is 0.198 e. The molecule has 0 spiro atoms. The van der Waals surface area contributed by atoms with Crippen molar-refractivity contribution in [3.63, 3.8) is 0 Å². The van der Waals surface area contributed by atoms with Crippen LogP contribution in [-0.4, -0.2) is 18.4 Å². The lowest BCUT2D eigenvalue weighted by molar-refractivity contribution is 0.392. The van der Waals surface area contributed by atoms with Gasteiger partial charge in [-0.05, 0) is 31.6 Å². The summed E-state index contributed by atoms with van der Waals surface area (Å²) >= 11 is 0.820. The van der Waals surface area contributed by atoms with Crippen molar-refractivity contribution in [3.05, 3.63) is 64.7 Å². The molecule has 0 saturated heterocycles. The summed E-state index contributed by atoms with van der Waals surface area (Å²) in [6, 6.07) is 8.68. The largest absolute Gasteiger partial charge is 0.252 e. The average molecular weight is 315 g/mol. The zero-order valence-electron chi connectivity index (χ0n) is 11.5. The summed E-state index contributed by atoms with van der Waals surface area (Å²) in [4.78, 5) is -0.236. The molecule has 1 nitrogen and oxygen atoms in total. The molecule has 2 rings (SSSR count). The highest BCUT2D eigenvalue weighted by Crippen LogP contribution is 2.34. The van der Waals surface area contributed by atoms with E-state index in [-0.39, 0.29) is 16.9 Å². The molecule has 2 aromatic carbocycles. The summed E-state index contributed by atoms with van der Waals surface area (Å²) in [5, 5.41) is 0. The van der Waals surface area contributed by atoms with E-state index in [0.29, 0.717) is 5.56 Å². The summed E-state index contributed by atoms with van der Waals surface area (Å²) in [5.74, 6) is -6.27. The van der Waals surface area contributed by atoms with Crippen molar-refractivity contribution in [2.75, 3.05) is 14.1 Å². The number of benzene rings is 2. The van der Waals surface area contributed by atoms with Gasteiger partial charge in [0.15, 0.2) is 23.3 Å². The fourth-order valence-electron chi connectivity index (χ4n) is 1.89. The standard InChI is InChI=1S/C15H13F4NS/c1-20(2)21-15-10(8-9-6-4-3-5-7-9)11(16)12(17)13(18)14(15)19/h3-7H,8H2,1-2H3. The van der Waals surface area contributed by atoms with Gasteiger partial charge in [-0.15, -0.1) is 0 Å². The molecule has 112 valence electrons. The summed E-state index contributed by atoms with van der Waals surface area (Å²) in [5.41, 5.74) is 0.499. The maximum atomic E-state index is 14.0. The second-order valence-electron chi connectivity index (χ2n) is 4.63. The van der Waals surface area contributed by atoms with Crippen LogP contribution in [0.25, 0.3) is 0 Å². The van der Waals surface area contributed by atoms with Crippen molar-refractivity contribution in [3.8, 4) is 0 Å². The molecule has 0 saturated carbocycles. The molecule has 0 N–H and O–H groups in total. The number of halogens is 4. The molecular formula is C15H13F4NS. The predicted octanol–water partition coefficient (Wildman–Crippen LogP) is 4.40. The van der Waals surface area contributed by atoms with Crippen LogP contribution in [0.3, 0.4) is 0 Å². The Morgan fingerprint density at radius 2 is 1.43 bits per heavy atom. The summed E-state index contributed by atoms with van der Waals surface area (Å²) in [6.45, 7) is 0. The zero-order valence-corrected chi connectivity index (χ0v) is 12.3. The Kier molecular flexibility index (Phi) is 4.90. The first-order valence-corrected chi connectivity index (χ1v) is 6.93. The molecule has 0 fully saturated rings. The summed E-state index contributed by atoms with van der Waals surface area (Å²) in [7, 11) is 3.21. The third-order valence-corrected chi connectivity index (χ3v) is 3.79. The van der Waals surface area contributed by atoms with Crippen molar-refractivity contribution in [2.45, 2.75) is 11.3 Å². The molecule has 0 unspecified atom stereocenters. The topological polar surface area (TPSA) is 3.24 Å². The molecule has 0 bridgehead atoms. The van der Waals surface area contributed by atoms with E-state index < -0.39 is 23.3 Å². The predicted molar refractivity (Wildman–Crippen MR) is 75.1 cm³/mol.